The Hall–Kier alpha value is -0.610. The molecule has 0 spiro atoms. The molecule has 0 aromatic heterocycles. The first-order valence-electron chi connectivity index (χ1n) is 6.65. The number of likely N-dealkylation sites (N-methyl/N-ethyl adjacent to an activating group) is 1. The van der Waals surface area contributed by atoms with E-state index in [0.29, 0.717) is 18.5 Å². The van der Waals surface area contributed by atoms with Gasteiger partial charge in [0.15, 0.2) is 0 Å². The van der Waals surface area contributed by atoms with E-state index in [4.69, 9.17) is 0 Å². The van der Waals surface area contributed by atoms with Crippen LogP contribution in [0.25, 0.3) is 0 Å². The number of rotatable bonds is 5. The number of nitrogens with one attached hydrogen (secondary N) is 1. The Morgan fingerprint density at radius 3 is 2.76 bits per heavy atom. The van der Waals surface area contributed by atoms with Gasteiger partial charge in [0.1, 0.15) is 0 Å². The van der Waals surface area contributed by atoms with Crippen LogP contribution in [0.15, 0.2) is 0 Å². The van der Waals surface area contributed by atoms with Crippen molar-refractivity contribution in [3.05, 3.63) is 0 Å². The van der Waals surface area contributed by atoms with Gasteiger partial charge in [-0.15, -0.1) is 0 Å². The first kappa shape index (κ1) is 14.5. The van der Waals surface area contributed by atoms with Crippen LogP contribution in [0.3, 0.4) is 0 Å². The summed E-state index contributed by atoms with van der Waals surface area (Å²) in [6, 6.07) is 0.530. The zero-order chi connectivity index (χ0) is 12.8. The summed E-state index contributed by atoms with van der Waals surface area (Å²) in [5.41, 5.74) is 0. The number of nitrogens with zero attached hydrogens (tertiary/aromatic N) is 2. The smallest absolute Gasteiger partial charge is 0.236 e. The average Bonchev–Trinajstić information content (AvgIpc) is 2.26. The second-order valence-corrected chi connectivity index (χ2v) is 5.65. The molecule has 1 saturated heterocycles. The molecule has 1 rings (SSSR count). The monoisotopic (exact) mass is 241 g/mol. The van der Waals surface area contributed by atoms with Crippen molar-refractivity contribution in [2.45, 2.75) is 32.7 Å². The van der Waals surface area contributed by atoms with Crippen LogP contribution in [0.4, 0.5) is 0 Å². The fourth-order valence-corrected chi connectivity index (χ4v) is 2.23. The molecule has 0 aromatic carbocycles. The predicted molar refractivity (Wildman–Crippen MR) is 71.0 cm³/mol. The quantitative estimate of drug-likeness (QED) is 0.773. The van der Waals surface area contributed by atoms with Crippen molar-refractivity contribution < 1.29 is 4.79 Å². The normalized spacial score (nSPS) is 21.3. The Kier molecular flexibility index (Phi) is 5.92. The van der Waals surface area contributed by atoms with Crippen LogP contribution in [0, 0.1) is 5.92 Å². The topological polar surface area (TPSA) is 35.6 Å². The number of amides is 1. The van der Waals surface area contributed by atoms with E-state index in [1.165, 1.54) is 6.42 Å². The van der Waals surface area contributed by atoms with Gasteiger partial charge >= 0.3 is 0 Å². The Morgan fingerprint density at radius 2 is 2.18 bits per heavy atom. The second-order valence-electron chi connectivity index (χ2n) is 5.65. The first-order chi connectivity index (χ1) is 7.99. The van der Waals surface area contributed by atoms with Crippen LogP contribution in [0.1, 0.15) is 26.7 Å². The number of hydrogen-bond acceptors (Lipinski definition) is 3. The van der Waals surface area contributed by atoms with Gasteiger partial charge in [-0.3, -0.25) is 4.79 Å². The molecule has 1 aliphatic heterocycles. The van der Waals surface area contributed by atoms with E-state index in [1.54, 1.807) is 0 Å². The van der Waals surface area contributed by atoms with Crippen LogP contribution in [-0.2, 0) is 4.79 Å². The summed E-state index contributed by atoms with van der Waals surface area (Å²) in [5.74, 6) is 0.890. The fourth-order valence-electron chi connectivity index (χ4n) is 2.23. The summed E-state index contributed by atoms with van der Waals surface area (Å²) in [6.45, 7) is 7.75. The molecule has 1 unspecified atom stereocenters. The summed E-state index contributed by atoms with van der Waals surface area (Å²) in [7, 11) is 3.89. The Balaban J connectivity index is 2.35. The highest BCUT2D eigenvalue weighted by atomic mass is 16.2. The van der Waals surface area contributed by atoms with Crippen LogP contribution in [0.2, 0.25) is 0 Å². The minimum absolute atomic E-state index is 0.268. The summed E-state index contributed by atoms with van der Waals surface area (Å²) in [6.07, 6.45) is 2.38. The molecule has 100 valence electrons. The highest BCUT2D eigenvalue weighted by Gasteiger charge is 2.23. The minimum atomic E-state index is 0.268. The van der Waals surface area contributed by atoms with Crippen molar-refractivity contribution in [1.29, 1.82) is 0 Å². The van der Waals surface area contributed by atoms with Crippen LogP contribution < -0.4 is 5.32 Å². The Labute approximate surface area is 105 Å². The molecular weight excluding hydrogens is 214 g/mol. The molecule has 0 aliphatic carbocycles. The average molecular weight is 241 g/mol. The lowest BCUT2D eigenvalue weighted by Crippen LogP contribution is -2.46. The van der Waals surface area contributed by atoms with Gasteiger partial charge < -0.3 is 15.1 Å². The predicted octanol–water partition coefficient (Wildman–Crippen LogP) is 0.785. The van der Waals surface area contributed by atoms with Gasteiger partial charge in [0.25, 0.3) is 0 Å². The molecule has 4 nitrogen and oxygen atoms in total. The van der Waals surface area contributed by atoms with E-state index in [9.17, 15) is 4.79 Å². The molecule has 1 atom stereocenters. The van der Waals surface area contributed by atoms with Crippen molar-refractivity contribution in [2.24, 2.45) is 5.92 Å². The zero-order valence-corrected chi connectivity index (χ0v) is 11.7. The lowest BCUT2D eigenvalue weighted by atomic mass is 9.97. The second kappa shape index (κ2) is 6.97. The summed E-state index contributed by atoms with van der Waals surface area (Å²) >= 11 is 0. The number of hydrogen-bond donors (Lipinski definition) is 1. The molecule has 4 heteroatoms. The lowest BCUT2D eigenvalue weighted by molar-refractivity contribution is -0.133. The van der Waals surface area contributed by atoms with E-state index in [1.807, 2.05) is 23.9 Å². The van der Waals surface area contributed by atoms with Crippen molar-refractivity contribution in [2.75, 3.05) is 40.3 Å². The highest BCUT2D eigenvalue weighted by molar-refractivity contribution is 5.78. The van der Waals surface area contributed by atoms with Crippen molar-refractivity contribution >= 4 is 5.91 Å². The Bertz CT molecular complexity index is 241. The summed E-state index contributed by atoms with van der Waals surface area (Å²) < 4.78 is 0. The summed E-state index contributed by atoms with van der Waals surface area (Å²) in [5, 5.41) is 3.47. The molecule has 0 radical (unpaired) electrons. The largest absolute Gasteiger partial charge is 0.341 e. The molecule has 1 N–H and O–H groups in total. The molecule has 1 heterocycles. The first-order valence-corrected chi connectivity index (χ1v) is 6.65. The summed E-state index contributed by atoms with van der Waals surface area (Å²) in [4.78, 5) is 15.9. The van der Waals surface area contributed by atoms with Gasteiger partial charge in [-0.05, 0) is 39.4 Å². The molecule has 0 aromatic rings. The third-order valence-electron chi connectivity index (χ3n) is 3.14. The van der Waals surface area contributed by atoms with Crippen LogP contribution in [-0.4, -0.2) is 62.0 Å². The minimum Gasteiger partial charge on any atom is -0.341 e. The molecule has 1 aliphatic rings. The third kappa shape index (κ3) is 5.50. The number of piperidine rings is 1. The molecule has 17 heavy (non-hydrogen) atoms. The van der Waals surface area contributed by atoms with Crippen LogP contribution in [0.5, 0.6) is 0 Å². The van der Waals surface area contributed by atoms with E-state index in [-0.39, 0.29) is 5.91 Å². The maximum atomic E-state index is 12.0. The van der Waals surface area contributed by atoms with Gasteiger partial charge in [-0.25, -0.2) is 0 Å². The maximum Gasteiger partial charge on any atom is 0.236 e. The van der Waals surface area contributed by atoms with Crippen molar-refractivity contribution in [3.63, 3.8) is 0 Å². The van der Waals surface area contributed by atoms with Gasteiger partial charge in [0.05, 0.1) is 6.54 Å². The third-order valence-corrected chi connectivity index (χ3v) is 3.14. The SMILES string of the molecule is CC(C)NCC1CCCN(C(=O)CN(C)C)C1. The van der Waals surface area contributed by atoms with Gasteiger partial charge in [-0.1, -0.05) is 13.8 Å². The van der Waals surface area contributed by atoms with E-state index in [2.05, 4.69) is 19.2 Å². The Morgan fingerprint density at radius 1 is 1.47 bits per heavy atom. The highest BCUT2D eigenvalue weighted by Crippen LogP contribution is 2.16. The molecule has 0 saturated carbocycles. The van der Waals surface area contributed by atoms with Gasteiger partial charge in [0.2, 0.25) is 5.91 Å². The molecule has 1 amide bonds. The maximum absolute atomic E-state index is 12.0. The van der Waals surface area contributed by atoms with E-state index in [0.717, 1.165) is 26.1 Å². The van der Waals surface area contributed by atoms with E-state index < -0.39 is 0 Å². The number of carbonyl (C=O) groups is 1. The van der Waals surface area contributed by atoms with Gasteiger partial charge in [0, 0.05) is 19.1 Å². The fraction of sp³-hybridized carbons (Fsp3) is 0.923. The van der Waals surface area contributed by atoms with Crippen molar-refractivity contribution in [1.82, 2.24) is 15.1 Å². The van der Waals surface area contributed by atoms with Crippen molar-refractivity contribution in [3.8, 4) is 0 Å². The number of likely N-dealkylation sites (tertiary alicyclic amines) is 1. The lowest BCUT2D eigenvalue weighted by Gasteiger charge is -2.34. The van der Waals surface area contributed by atoms with E-state index >= 15 is 0 Å². The van der Waals surface area contributed by atoms with Crippen LogP contribution >= 0.6 is 0 Å². The zero-order valence-electron chi connectivity index (χ0n) is 11.7. The number of carbonyl (C=O) groups excluding carboxylic acids is 1. The molecule has 1 fully saturated rings. The molecule has 0 bridgehead atoms. The molecular formula is C13H27N3O. The van der Waals surface area contributed by atoms with Gasteiger partial charge in [-0.2, -0.15) is 0 Å². The standard InChI is InChI=1S/C13H27N3O/c1-11(2)14-8-12-6-5-7-16(9-12)13(17)10-15(3)4/h11-12,14H,5-10H2,1-4H3.